The van der Waals surface area contributed by atoms with E-state index in [-0.39, 0.29) is 16.9 Å². The Kier molecular flexibility index (Phi) is 3.31. The molecular weight excluding hydrogens is 324 g/mol. The maximum Gasteiger partial charge on any atom is 0.284 e. The van der Waals surface area contributed by atoms with Crippen LogP contribution in [0.2, 0.25) is 0 Å². The van der Waals surface area contributed by atoms with Gasteiger partial charge >= 0.3 is 0 Å². The van der Waals surface area contributed by atoms with E-state index in [0.717, 1.165) is 16.0 Å². The van der Waals surface area contributed by atoms with Crippen molar-refractivity contribution in [3.8, 4) is 0 Å². The van der Waals surface area contributed by atoms with Crippen LogP contribution in [0.3, 0.4) is 0 Å². The van der Waals surface area contributed by atoms with Gasteiger partial charge in [0.25, 0.3) is 11.1 Å². The molecule has 0 aliphatic rings. The summed E-state index contributed by atoms with van der Waals surface area (Å²) >= 11 is 1.45. The van der Waals surface area contributed by atoms with Crippen molar-refractivity contribution in [1.29, 1.82) is 0 Å². The molecule has 0 bridgehead atoms. The number of aryl methyl sites for hydroxylation is 2. The minimum Gasteiger partial charge on any atom is -0.289 e. The molecule has 0 saturated carbocycles. The average Bonchev–Trinajstić information content (AvgIpc) is 2.85. The maximum absolute atomic E-state index is 12.8. The van der Waals surface area contributed by atoms with Gasteiger partial charge in [0.15, 0.2) is 0 Å². The quantitative estimate of drug-likeness (QED) is 0.608. The Morgan fingerprint density at radius 1 is 1.17 bits per heavy atom. The van der Waals surface area contributed by atoms with E-state index in [2.05, 4.69) is 15.1 Å². The molecule has 24 heavy (non-hydrogen) atoms. The summed E-state index contributed by atoms with van der Waals surface area (Å²) in [7, 11) is 0. The van der Waals surface area contributed by atoms with Crippen LogP contribution in [0, 0.1) is 13.8 Å². The molecule has 0 radical (unpaired) electrons. The summed E-state index contributed by atoms with van der Waals surface area (Å²) in [4.78, 5) is 33.8. The van der Waals surface area contributed by atoms with Crippen LogP contribution < -0.4 is 11.1 Å². The highest BCUT2D eigenvalue weighted by molar-refractivity contribution is 7.18. The fourth-order valence-corrected chi connectivity index (χ4v) is 3.72. The van der Waals surface area contributed by atoms with Crippen molar-refractivity contribution < 1.29 is 0 Å². The van der Waals surface area contributed by atoms with Gasteiger partial charge in [-0.1, -0.05) is 30.3 Å². The number of nitrogens with one attached hydrogen (secondary N) is 1. The Morgan fingerprint density at radius 3 is 2.67 bits per heavy atom. The summed E-state index contributed by atoms with van der Waals surface area (Å²) in [5, 5.41) is 4.84. The van der Waals surface area contributed by atoms with Crippen LogP contribution in [0.5, 0.6) is 0 Å². The lowest BCUT2D eigenvalue weighted by Crippen LogP contribution is -2.27. The Bertz CT molecular complexity index is 1190. The largest absolute Gasteiger partial charge is 0.289 e. The molecule has 4 rings (SSSR count). The zero-order valence-corrected chi connectivity index (χ0v) is 14.0. The molecule has 1 aromatic carbocycles. The second-order valence-electron chi connectivity index (χ2n) is 5.68. The van der Waals surface area contributed by atoms with E-state index in [0.29, 0.717) is 22.3 Å². The third-order valence-corrected chi connectivity index (χ3v) is 5.20. The van der Waals surface area contributed by atoms with Crippen molar-refractivity contribution in [3.05, 3.63) is 72.7 Å². The zero-order valence-electron chi connectivity index (χ0n) is 13.2. The minimum atomic E-state index is -0.324. The van der Waals surface area contributed by atoms with Crippen LogP contribution in [0.15, 0.2) is 39.9 Å². The molecule has 3 heterocycles. The summed E-state index contributed by atoms with van der Waals surface area (Å²) < 4.78 is 1.20. The number of aromatic nitrogens is 4. The van der Waals surface area contributed by atoms with Crippen molar-refractivity contribution >= 4 is 27.3 Å². The number of nitrogens with zero attached hydrogens (tertiary/aromatic N) is 3. The Morgan fingerprint density at radius 2 is 1.92 bits per heavy atom. The molecule has 7 heteroatoms. The highest BCUT2D eigenvalue weighted by atomic mass is 32.1. The van der Waals surface area contributed by atoms with Gasteiger partial charge < -0.3 is 0 Å². The zero-order chi connectivity index (χ0) is 16.8. The fourth-order valence-electron chi connectivity index (χ4n) is 2.70. The summed E-state index contributed by atoms with van der Waals surface area (Å²) in [6, 6.07) is 9.55. The van der Waals surface area contributed by atoms with Gasteiger partial charge in [-0.25, -0.2) is 4.98 Å². The van der Waals surface area contributed by atoms with E-state index in [1.807, 2.05) is 44.2 Å². The Labute approximate surface area is 140 Å². The topological polar surface area (TPSA) is 80.1 Å². The lowest BCUT2D eigenvalue weighted by Gasteiger charge is -2.04. The molecule has 0 aliphatic carbocycles. The molecule has 0 amide bonds. The number of fused-ring (bicyclic) bond motifs is 2. The SMILES string of the molecule is Cc1sc2nc3[nH]c(=O)c(Cc4ccccc4)nn3c(=O)c2c1C. The highest BCUT2D eigenvalue weighted by Crippen LogP contribution is 2.25. The molecular formula is C17H14N4O2S. The third kappa shape index (κ3) is 2.25. The van der Waals surface area contributed by atoms with E-state index >= 15 is 0 Å². The van der Waals surface area contributed by atoms with E-state index in [9.17, 15) is 9.59 Å². The smallest absolute Gasteiger partial charge is 0.284 e. The predicted octanol–water partition coefficient (Wildman–Crippen LogP) is 2.20. The van der Waals surface area contributed by atoms with Crippen LogP contribution in [-0.2, 0) is 6.42 Å². The first-order chi connectivity index (χ1) is 11.5. The molecule has 0 saturated heterocycles. The molecule has 0 fully saturated rings. The summed E-state index contributed by atoms with van der Waals surface area (Å²) in [6.07, 6.45) is 0.359. The van der Waals surface area contributed by atoms with Crippen LogP contribution in [-0.4, -0.2) is 19.6 Å². The number of thiophene rings is 1. The van der Waals surface area contributed by atoms with Crippen molar-refractivity contribution in [3.63, 3.8) is 0 Å². The van der Waals surface area contributed by atoms with Gasteiger partial charge in [0, 0.05) is 11.3 Å². The van der Waals surface area contributed by atoms with E-state index < -0.39 is 0 Å². The molecule has 3 aromatic heterocycles. The lowest BCUT2D eigenvalue weighted by atomic mass is 10.1. The first kappa shape index (κ1) is 14.8. The standard InChI is InChI=1S/C17H14N4O2S/c1-9-10(2)24-15-13(9)16(23)21-17(19-15)18-14(22)12(20-21)8-11-6-4-3-5-7-11/h3-7H,8H2,1-2H3,(H,18,19,22). The normalized spacial score (nSPS) is 11.4. The van der Waals surface area contributed by atoms with Crippen molar-refractivity contribution in [2.45, 2.75) is 20.3 Å². The van der Waals surface area contributed by atoms with Crippen molar-refractivity contribution in [1.82, 2.24) is 19.6 Å². The van der Waals surface area contributed by atoms with Gasteiger partial charge in [0.05, 0.1) is 5.39 Å². The van der Waals surface area contributed by atoms with Gasteiger partial charge in [-0.3, -0.25) is 14.6 Å². The van der Waals surface area contributed by atoms with Gasteiger partial charge in [-0.2, -0.15) is 9.61 Å². The summed E-state index contributed by atoms with van der Waals surface area (Å²) in [5.74, 6) is 0.176. The van der Waals surface area contributed by atoms with Crippen LogP contribution in [0.4, 0.5) is 0 Å². The predicted molar refractivity (Wildman–Crippen MR) is 94.0 cm³/mol. The van der Waals surface area contributed by atoms with E-state index in [1.54, 1.807) is 0 Å². The van der Waals surface area contributed by atoms with Gasteiger partial charge in [-0.05, 0) is 25.0 Å². The number of benzene rings is 1. The summed E-state index contributed by atoms with van der Waals surface area (Å²) in [5.41, 5.74) is 1.60. The third-order valence-electron chi connectivity index (χ3n) is 4.10. The molecule has 6 nitrogen and oxygen atoms in total. The number of aromatic amines is 1. The molecule has 4 aromatic rings. The molecule has 1 N–H and O–H groups in total. The van der Waals surface area contributed by atoms with Gasteiger partial charge in [0.1, 0.15) is 10.5 Å². The lowest BCUT2D eigenvalue weighted by molar-refractivity contribution is 0.791. The second kappa shape index (κ2) is 5.38. The maximum atomic E-state index is 12.8. The molecule has 0 unspecified atom stereocenters. The van der Waals surface area contributed by atoms with Crippen LogP contribution in [0.1, 0.15) is 21.7 Å². The molecule has 0 atom stereocenters. The average molecular weight is 338 g/mol. The molecule has 0 spiro atoms. The monoisotopic (exact) mass is 338 g/mol. The van der Waals surface area contributed by atoms with E-state index in [4.69, 9.17) is 0 Å². The molecule has 0 aliphatic heterocycles. The van der Waals surface area contributed by atoms with Gasteiger partial charge in [0.2, 0.25) is 5.78 Å². The second-order valence-corrected chi connectivity index (χ2v) is 6.88. The summed E-state index contributed by atoms with van der Waals surface area (Å²) in [6.45, 7) is 3.85. The highest BCUT2D eigenvalue weighted by Gasteiger charge is 2.15. The number of rotatable bonds is 2. The minimum absolute atomic E-state index is 0.176. The Hall–Kier alpha value is -2.80. The first-order valence-corrected chi connectivity index (χ1v) is 8.32. The number of H-pyrrole nitrogens is 1. The fraction of sp³-hybridized carbons (Fsp3) is 0.176. The number of hydrogen-bond acceptors (Lipinski definition) is 5. The van der Waals surface area contributed by atoms with Crippen LogP contribution in [0.25, 0.3) is 16.0 Å². The molecule has 120 valence electrons. The Balaban J connectivity index is 1.98. The van der Waals surface area contributed by atoms with Crippen LogP contribution >= 0.6 is 11.3 Å². The number of hydrogen-bond donors (Lipinski definition) is 1. The van der Waals surface area contributed by atoms with Gasteiger partial charge in [-0.15, -0.1) is 11.3 Å². The first-order valence-electron chi connectivity index (χ1n) is 7.50. The van der Waals surface area contributed by atoms with Crippen molar-refractivity contribution in [2.75, 3.05) is 0 Å². The van der Waals surface area contributed by atoms with Crippen molar-refractivity contribution in [2.24, 2.45) is 0 Å². The van der Waals surface area contributed by atoms with E-state index in [1.165, 1.54) is 15.9 Å².